The van der Waals surface area contributed by atoms with E-state index in [9.17, 15) is 26.4 Å². The molecule has 4 N–H and O–H groups in total. The predicted octanol–water partition coefficient (Wildman–Crippen LogP) is 3.54. The van der Waals surface area contributed by atoms with Crippen LogP contribution in [0, 0.1) is 23.4 Å². The van der Waals surface area contributed by atoms with Crippen LogP contribution in [-0.4, -0.2) is 31.6 Å². The molecular formula is C22H22F3N3O3S. The molecule has 6 nitrogen and oxygen atoms in total. The second-order valence-electron chi connectivity index (χ2n) is 8.19. The van der Waals surface area contributed by atoms with Gasteiger partial charge in [-0.05, 0) is 66.1 Å². The lowest BCUT2D eigenvalue weighted by Crippen LogP contribution is -2.36. The van der Waals surface area contributed by atoms with Crippen LogP contribution < -0.4 is 10.5 Å². The van der Waals surface area contributed by atoms with E-state index in [2.05, 4.69) is 10.3 Å². The van der Waals surface area contributed by atoms with E-state index in [0.29, 0.717) is 36.0 Å². The average Bonchev–Trinajstić information content (AvgIpc) is 3.04. The molecule has 10 heteroatoms. The lowest BCUT2D eigenvalue weighted by Gasteiger charge is -2.36. The third kappa shape index (κ3) is 4.81. The second-order valence-corrected chi connectivity index (χ2v) is 9.92. The van der Waals surface area contributed by atoms with Crippen molar-refractivity contribution in [3.63, 3.8) is 0 Å². The van der Waals surface area contributed by atoms with Crippen molar-refractivity contribution in [2.45, 2.75) is 25.2 Å². The van der Waals surface area contributed by atoms with Gasteiger partial charge in [0, 0.05) is 24.4 Å². The minimum atomic E-state index is -3.70. The molecule has 1 saturated carbocycles. The molecule has 2 aromatic carbocycles. The van der Waals surface area contributed by atoms with E-state index in [1.165, 1.54) is 18.2 Å². The van der Waals surface area contributed by atoms with Crippen molar-refractivity contribution < 1.29 is 26.4 Å². The molecule has 170 valence electrons. The summed E-state index contributed by atoms with van der Waals surface area (Å²) in [4.78, 5) is 14.8. The van der Waals surface area contributed by atoms with Crippen LogP contribution in [0.1, 0.15) is 30.7 Å². The highest BCUT2D eigenvalue weighted by Crippen LogP contribution is 2.48. The van der Waals surface area contributed by atoms with Crippen molar-refractivity contribution in [1.29, 1.82) is 0 Å². The third-order valence-electron chi connectivity index (χ3n) is 5.84. The Morgan fingerprint density at radius 3 is 2.44 bits per heavy atom. The zero-order valence-electron chi connectivity index (χ0n) is 17.0. The number of halogens is 3. The monoisotopic (exact) mass is 465 g/mol. The Labute approximate surface area is 183 Å². The first-order valence-electron chi connectivity index (χ1n) is 10.1. The maximum Gasteiger partial charge on any atom is 0.221 e. The first-order valence-corrected chi connectivity index (χ1v) is 11.9. The van der Waals surface area contributed by atoms with Gasteiger partial charge >= 0.3 is 0 Å². The molecule has 1 aromatic heterocycles. The summed E-state index contributed by atoms with van der Waals surface area (Å²) in [6, 6.07) is 7.89. The minimum absolute atomic E-state index is 0.00340. The molecule has 1 amide bonds. The number of sulfonamides is 1. The molecular weight excluding hydrogens is 443 g/mol. The molecule has 3 aromatic rings. The Bertz CT molecular complexity index is 1270. The summed E-state index contributed by atoms with van der Waals surface area (Å²) in [6.45, 7) is 0.372. The molecule has 0 unspecified atom stereocenters. The van der Waals surface area contributed by atoms with E-state index < -0.39 is 39.1 Å². The van der Waals surface area contributed by atoms with Crippen molar-refractivity contribution in [3.8, 4) is 11.3 Å². The fourth-order valence-electron chi connectivity index (χ4n) is 4.23. The Balaban J connectivity index is 1.52. The highest BCUT2D eigenvalue weighted by atomic mass is 32.2. The number of aromatic amines is 1. The summed E-state index contributed by atoms with van der Waals surface area (Å²) >= 11 is 0. The number of primary sulfonamides is 1. The maximum absolute atomic E-state index is 14.4. The zero-order chi connectivity index (χ0) is 23.0. The van der Waals surface area contributed by atoms with Gasteiger partial charge in [0.2, 0.25) is 15.9 Å². The Kier molecular flexibility index (Phi) is 6.00. The number of fused-ring (bicyclic) bond motifs is 1. The molecule has 1 fully saturated rings. The number of nitrogens with one attached hydrogen (secondary N) is 2. The number of rotatable bonds is 7. The van der Waals surface area contributed by atoms with Gasteiger partial charge in [0.1, 0.15) is 17.5 Å². The molecule has 1 aliphatic rings. The molecule has 0 saturated heterocycles. The Morgan fingerprint density at radius 1 is 1.09 bits per heavy atom. The van der Waals surface area contributed by atoms with Crippen LogP contribution in [-0.2, 0) is 14.8 Å². The molecule has 1 aliphatic carbocycles. The first-order chi connectivity index (χ1) is 15.1. The Hall–Kier alpha value is -2.85. The van der Waals surface area contributed by atoms with Gasteiger partial charge in [0.15, 0.2) is 0 Å². The van der Waals surface area contributed by atoms with Crippen LogP contribution in [0.15, 0.2) is 36.4 Å². The van der Waals surface area contributed by atoms with Crippen molar-refractivity contribution >= 4 is 26.8 Å². The van der Waals surface area contributed by atoms with Crippen LogP contribution in [0.4, 0.5) is 13.2 Å². The number of hydrogen-bond donors (Lipinski definition) is 3. The number of amides is 1. The minimum Gasteiger partial charge on any atom is -0.356 e. The predicted molar refractivity (Wildman–Crippen MR) is 115 cm³/mol. The second kappa shape index (κ2) is 8.59. The van der Waals surface area contributed by atoms with Gasteiger partial charge < -0.3 is 10.3 Å². The summed E-state index contributed by atoms with van der Waals surface area (Å²) in [7, 11) is -3.70. The number of carbonyl (C=O) groups is 1. The molecule has 0 radical (unpaired) electrons. The topological polar surface area (TPSA) is 105 Å². The number of benzene rings is 2. The third-order valence-corrected chi connectivity index (χ3v) is 6.62. The summed E-state index contributed by atoms with van der Waals surface area (Å²) < 4.78 is 63.7. The maximum atomic E-state index is 14.4. The van der Waals surface area contributed by atoms with E-state index in [1.807, 2.05) is 0 Å². The smallest absolute Gasteiger partial charge is 0.221 e. The molecule has 4 rings (SSSR count). The van der Waals surface area contributed by atoms with Crippen molar-refractivity contribution in [2.75, 3.05) is 12.3 Å². The molecule has 0 bridgehead atoms. The standard InChI is InChI=1S/C22H22F3N3O3S/c23-15-3-1-13(2-4-15)21-20(17-9-16(24)10-18(25)22(17)28-21)14-7-12(8-14)11-27-19(29)5-6-32(26,30)31/h1-4,9-10,12,14,28H,5-8,11H2,(H,27,29)(H2,26,30,31). The Morgan fingerprint density at radius 2 is 1.78 bits per heavy atom. The van der Waals surface area contributed by atoms with E-state index in [0.717, 1.165) is 11.6 Å². The van der Waals surface area contributed by atoms with Gasteiger partial charge in [0.05, 0.1) is 17.0 Å². The first kappa shape index (κ1) is 22.3. The van der Waals surface area contributed by atoms with Gasteiger partial charge in [-0.25, -0.2) is 26.7 Å². The number of hydrogen-bond acceptors (Lipinski definition) is 3. The van der Waals surface area contributed by atoms with Crippen LogP contribution in [0.25, 0.3) is 22.2 Å². The number of aromatic nitrogens is 1. The number of nitrogens with two attached hydrogens (primary N) is 1. The fourth-order valence-corrected chi connectivity index (χ4v) is 4.70. The van der Waals surface area contributed by atoms with Gasteiger partial charge in [-0.2, -0.15) is 0 Å². The largest absolute Gasteiger partial charge is 0.356 e. The van der Waals surface area contributed by atoms with Crippen molar-refractivity contribution in [3.05, 3.63) is 59.4 Å². The average molecular weight is 465 g/mol. The zero-order valence-corrected chi connectivity index (χ0v) is 17.8. The number of carbonyl (C=O) groups excluding carboxylic acids is 1. The highest BCUT2D eigenvalue weighted by Gasteiger charge is 2.34. The van der Waals surface area contributed by atoms with E-state index >= 15 is 0 Å². The normalized spacial score (nSPS) is 18.5. The van der Waals surface area contributed by atoms with Crippen LogP contribution >= 0.6 is 0 Å². The SMILES string of the molecule is NS(=O)(=O)CCC(=O)NCC1CC(c2c(-c3ccc(F)cc3)[nH]c3c(F)cc(F)cc23)C1. The molecule has 0 atom stereocenters. The number of H-pyrrole nitrogens is 1. The molecule has 0 spiro atoms. The van der Waals surface area contributed by atoms with Gasteiger partial charge in [-0.15, -0.1) is 0 Å². The van der Waals surface area contributed by atoms with Crippen molar-refractivity contribution in [1.82, 2.24) is 10.3 Å². The van der Waals surface area contributed by atoms with Crippen molar-refractivity contribution in [2.24, 2.45) is 11.1 Å². The summed E-state index contributed by atoms with van der Waals surface area (Å²) in [5.74, 6) is -2.46. The highest BCUT2D eigenvalue weighted by molar-refractivity contribution is 7.89. The van der Waals surface area contributed by atoms with Crippen LogP contribution in [0.3, 0.4) is 0 Å². The van der Waals surface area contributed by atoms with Crippen LogP contribution in [0.2, 0.25) is 0 Å². The van der Waals surface area contributed by atoms with E-state index in [-0.39, 0.29) is 23.8 Å². The lowest BCUT2D eigenvalue weighted by molar-refractivity contribution is -0.121. The quantitative estimate of drug-likeness (QED) is 0.497. The summed E-state index contributed by atoms with van der Waals surface area (Å²) in [6.07, 6.45) is 1.15. The van der Waals surface area contributed by atoms with Crippen LogP contribution in [0.5, 0.6) is 0 Å². The summed E-state index contributed by atoms with van der Waals surface area (Å²) in [5.41, 5.74) is 2.24. The molecule has 32 heavy (non-hydrogen) atoms. The fraction of sp³-hybridized carbons (Fsp3) is 0.318. The lowest BCUT2D eigenvalue weighted by atomic mass is 9.70. The molecule has 0 aliphatic heterocycles. The van der Waals surface area contributed by atoms with Gasteiger partial charge in [-0.1, -0.05) is 0 Å². The summed E-state index contributed by atoms with van der Waals surface area (Å²) in [5, 5.41) is 8.05. The van der Waals surface area contributed by atoms with E-state index in [1.54, 1.807) is 12.1 Å². The van der Waals surface area contributed by atoms with Gasteiger partial charge in [-0.3, -0.25) is 4.79 Å². The molecule has 1 heterocycles. The van der Waals surface area contributed by atoms with Gasteiger partial charge in [0.25, 0.3) is 0 Å². The van der Waals surface area contributed by atoms with E-state index in [4.69, 9.17) is 5.14 Å².